The number of rotatable bonds is 8. The normalized spacial score (nSPS) is 12.6. The van der Waals surface area contributed by atoms with E-state index >= 15 is 0 Å². The molecule has 4 aromatic carbocycles. The number of carboxylic acid groups (broad SMARTS) is 2. The molecule has 4 rings (SSSR count). The Balaban J connectivity index is 1.71. The van der Waals surface area contributed by atoms with Crippen LogP contribution in [0.15, 0.2) is 97.1 Å². The highest BCUT2D eigenvalue weighted by atomic mass is 16.4. The Morgan fingerprint density at radius 1 is 0.531 bits per heavy atom. The van der Waals surface area contributed by atoms with Crippen LogP contribution < -0.4 is 10.6 Å². The SMILES string of the molecule is O=C(O)C(Nc1cccc2c(NC(C(=O)O)c3ccccc3)cccc12)c1ccccc1. The van der Waals surface area contributed by atoms with E-state index in [0.29, 0.717) is 22.5 Å². The van der Waals surface area contributed by atoms with Crippen LogP contribution in [0.25, 0.3) is 10.8 Å². The minimum Gasteiger partial charge on any atom is -0.479 e. The molecule has 4 N–H and O–H groups in total. The van der Waals surface area contributed by atoms with Crippen molar-refractivity contribution >= 4 is 34.1 Å². The minimum absolute atomic E-state index is 0.640. The van der Waals surface area contributed by atoms with E-state index in [1.807, 2.05) is 48.5 Å². The molecule has 2 atom stereocenters. The molecule has 0 aliphatic heterocycles. The number of aliphatic carboxylic acids is 2. The molecule has 0 saturated heterocycles. The molecule has 4 aromatic rings. The number of carboxylic acids is 2. The van der Waals surface area contributed by atoms with Crippen LogP contribution >= 0.6 is 0 Å². The average Bonchev–Trinajstić information content (AvgIpc) is 2.81. The predicted octanol–water partition coefficient (Wildman–Crippen LogP) is 5.32. The standard InChI is InChI=1S/C26H22N2O4/c29-25(30)23(17-9-3-1-4-10-17)27-21-15-7-14-20-19(21)13-8-16-22(20)28-24(26(31)32)18-11-5-2-6-12-18/h1-16,23-24,27-28H,(H,29,30)(H,31,32). The molecule has 0 saturated carbocycles. The highest BCUT2D eigenvalue weighted by Crippen LogP contribution is 2.33. The van der Waals surface area contributed by atoms with Crippen molar-refractivity contribution < 1.29 is 19.8 Å². The molecule has 6 nitrogen and oxygen atoms in total. The maximum atomic E-state index is 11.9. The number of hydrogen-bond donors (Lipinski definition) is 4. The fraction of sp³-hybridized carbons (Fsp3) is 0.0769. The molecule has 6 heteroatoms. The van der Waals surface area contributed by atoms with Crippen molar-refractivity contribution in [2.45, 2.75) is 12.1 Å². The van der Waals surface area contributed by atoms with E-state index in [4.69, 9.17) is 0 Å². The molecule has 0 aliphatic rings. The Kier molecular flexibility index (Phi) is 6.03. The van der Waals surface area contributed by atoms with Gasteiger partial charge in [0.05, 0.1) is 0 Å². The Morgan fingerprint density at radius 2 is 0.906 bits per heavy atom. The number of nitrogens with one attached hydrogen (secondary N) is 2. The predicted molar refractivity (Wildman–Crippen MR) is 125 cm³/mol. The third-order valence-corrected chi connectivity index (χ3v) is 5.28. The second-order valence-corrected chi connectivity index (χ2v) is 7.36. The van der Waals surface area contributed by atoms with Gasteiger partial charge in [0.25, 0.3) is 0 Å². The van der Waals surface area contributed by atoms with Gasteiger partial charge in [-0.3, -0.25) is 0 Å². The van der Waals surface area contributed by atoms with Crippen LogP contribution in [0.3, 0.4) is 0 Å². The molecule has 0 aromatic heterocycles. The zero-order valence-electron chi connectivity index (χ0n) is 17.1. The summed E-state index contributed by atoms with van der Waals surface area (Å²) in [5, 5.41) is 27.4. The molecule has 0 amide bonds. The van der Waals surface area contributed by atoms with Crippen molar-refractivity contribution in [3.05, 3.63) is 108 Å². The van der Waals surface area contributed by atoms with Gasteiger partial charge in [-0.25, -0.2) is 9.59 Å². The fourth-order valence-corrected chi connectivity index (χ4v) is 3.74. The molecule has 160 valence electrons. The van der Waals surface area contributed by atoms with Gasteiger partial charge in [-0.2, -0.15) is 0 Å². The molecule has 0 bridgehead atoms. The van der Waals surface area contributed by atoms with Gasteiger partial charge in [0, 0.05) is 22.1 Å². The van der Waals surface area contributed by atoms with Crippen LogP contribution in [0.2, 0.25) is 0 Å². The van der Waals surface area contributed by atoms with Crippen molar-refractivity contribution in [3.8, 4) is 0 Å². The summed E-state index contributed by atoms with van der Waals surface area (Å²) in [4.78, 5) is 23.9. The van der Waals surface area contributed by atoms with Gasteiger partial charge in [-0.1, -0.05) is 84.9 Å². The van der Waals surface area contributed by atoms with E-state index in [1.54, 1.807) is 48.5 Å². The van der Waals surface area contributed by atoms with Crippen molar-refractivity contribution in [1.82, 2.24) is 0 Å². The molecular weight excluding hydrogens is 404 g/mol. The molecule has 2 unspecified atom stereocenters. The number of benzene rings is 4. The lowest BCUT2D eigenvalue weighted by Gasteiger charge is -2.20. The molecular formula is C26H22N2O4. The topological polar surface area (TPSA) is 98.7 Å². The molecule has 0 radical (unpaired) electrons. The third kappa shape index (κ3) is 4.39. The summed E-state index contributed by atoms with van der Waals surface area (Å²) >= 11 is 0. The molecule has 32 heavy (non-hydrogen) atoms. The number of anilines is 2. The van der Waals surface area contributed by atoms with Crippen LogP contribution in [0.1, 0.15) is 23.2 Å². The number of hydrogen-bond acceptors (Lipinski definition) is 4. The lowest BCUT2D eigenvalue weighted by molar-refractivity contribution is -0.139. The van der Waals surface area contributed by atoms with Crippen LogP contribution in [0.4, 0.5) is 11.4 Å². The van der Waals surface area contributed by atoms with Crippen LogP contribution in [0.5, 0.6) is 0 Å². The Hall–Kier alpha value is -4.32. The first-order valence-electron chi connectivity index (χ1n) is 10.1. The largest absolute Gasteiger partial charge is 0.479 e. The van der Waals surface area contributed by atoms with Gasteiger partial charge in [-0.05, 0) is 23.3 Å². The Labute approximate surface area is 185 Å². The highest BCUT2D eigenvalue weighted by molar-refractivity contribution is 6.02. The lowest BCUT2D eigenvalue weighted by atomic mass is 10.0. The Morgan fingerprint density at radius 3 is 1.25 bits per heavy atom. The zero-order chi connectivity index (χ0) is 22.5. The summed E-state index contributed by atoms with van der Waals surface area (Å²) in [5.74, 6) is -1.98. The van der Waals surface area contributed by atoms with Gasteiger partial charge in [0.15, 0.2) is 12.1 Å². The van der Waals surface area contributed by atoms with Crippen LogP contribution in [-0.4, -0.2) is 22.2 Å². The molecule has 0 spiro atoms. The average molecular weight is 426 g/mol. The molecule has 0 fully saturated rings. The first-order chi connectivity index (χ1) is 15.5. The van der Waals surface area contributed by atoms with Crippen molar-refractivity contribution in [1.29, 1.82) is 0 Å². The highest BCUT2D eigenvalue weighted by Gasteiger charge is 2.22. The van der Waals surface area contributed by atoms with Gasteiger partial charge < -0.3 is 20.8 Å². The molecule has 0 aliphatic carbocycles. The second-order valence-electron chi connectivity index (χ2n) is 7.36. The van der Waals surface area contributed by atoms with E-state index in [0.717, 1.165) is 10.8 Å². The van der Waals surface area contributed by atoms with Gasteiger partial charge in [0.1, 0.15) is 0 Å². The third-order valence-electron chi connectivity index (χ3n) is 5.28. The Bertz CT molecular complexity index is 1140. The first kappa shape index (κ1) is 20.9. The summed E-state index contributed by atoms with van der Waals surface area (Å²) in [7, 11) is 0. The quantitative estimate of drug-likeness (QED) is 0.305. The fourth-order valence-electron chi connectivity index (χ4n) is 3.74. The van der Waals surface area contributed by atoms with Gasteiger partial charge in [-0.15, -0.1) is 0 Å². The summed E-state index contributed by atoms with van der Waals surface area (Å²) in [6, 6.07) is 27.1. The smallest absolute Gasteiger partial charge is 0.330 e. The van der Waals surface area contributed by atoms with Crippen LogP contribution in [-0.2, 0) is 9.59 Å². The number of carbonyl (C=O) groups is 2. The van der Waals surface area contributed by atoms with Gasteiger partial charge >= 0.3 is 11.9 Å². The van der Waals surface area contributed by atoms with Crippen LogP contribution in [0, 0.1) is 0 Å². The second kappa shape index (κ2) is 9.22. The zero-order valence-corrected chi connectivity index (χ0v) is 17.1. The first-order valence-corrected chi connectivity index (χ1v) is 10.1. The molecule has 0 heterocycles. The lowest BCUT2D eigenvalue weighted by Crippen LogP contribution is -2.21. The summed E-state index contributed by atoms with van der Waals surface area (Å²) in [6.07, 6.45) is 0. The maximum Gasteiger partial charge on any atom is 0.330 e. The summed E-state index contributed by atoms with van der Waals surface area (Å²) < 4.78 is 0. The van der Waals surface area contributed by atoms with Crippen molar-refractivity contribution in [3.63, 3.8) is 0 Å². The van der Waals surface area contributed by atoms with E-state index in [2.05, 4.69) is 10.6 Å². The maximum absolute atomic E-state index is 11.9. The minimum atomic E-state index is -0.988. The summed E-state index contributed by atoms with van der Waals surface area (Å²) in [6.45, 7) is 0. The van der Waals surface area contributed by atoms with Gasteiger partial charge in [0.2, 0.25) is 0 Å². The number of fused-ring (bicyclic) bond motifs is 1. The van der Waals surface area contributed by atoms with Crippen molar-refractivity contribution in [2.24, 2.45) is 0 Å². The van der Waals surface area contributed by atoms with E-state index in [1.165, 1.54) is 0 Å². The summed E-state index contributed by atoms with van der Waals surface area (Å²) in [5.41, 5.74) is 2.57. The monoisotopic (exact) mass is 426 g/mol. The van der Waals surface area contributed by atoms with E-state index in [9.17, 15) is 19.8 Å². The van der Waals surface area contributed by atoms with E-state index in [-0.39, 0.29) is 0 Å². The van der Waals surface area contributed by atoms with E-state index < -0.39 is 24.0 Å². The van der Waals surface area contributed by atoms with Crippen molar-refractivity contribution in [2.75, 3.05) is 10.6 Å².